The van der Waals surface area contributed by atoms with Gasteiger partial charge in [0, 0.05) is 19.4 Å². The van der Waals surface area contributed by atoms with Gasteiger partial charge in [0.1, 0.15) is 6.23 Å². The van der Waals surface area contributed by atoms with Crippen LogP contribution in [0, 0.1) is 0 Å². The summed E-state index contributed by atoms with van der Waals surface area (Å²) in [6.45, 7) is 1.66. The average Bonchev–Trinajstić information content (AvgIpc) is 2.05. The molecule has 0 aliphatic carbocycles. The summed E-state index contributed by atoms with van der Waals surface area (Å²) in [4.78, 5) is 9.49. The van der Waals surface area contributed by atoms with Gasteiger partial charge in [-0.3, -0.25) is 0 Å². The molecule has 1 unspecified atom stereocenters. The maximum absolute atomic E-state index is 9.12. The SMILES string of the molecule is CC(O)N(C)c1ncccn1. The molecule has 0 aliphatic rings. The molecule has 0 spiro atoms. The van der Waals surface area contributed by atoms with Gasteiger partial charge in [-0.05, 0) is 13.0 Å². The summed E-state index contributed by atoms with van der Waals surface area (Å²) in [5.41, 5.74) is 0. The van der Waals surface area contributed by atoms with E-state index in [1.165, 1.54) is 0 Å². The van der Waals surface area contributed by atoms with Crippen molar-refractivity contribution in [2.45, 2.75) is 13.2 Å². The molecule has 0 saturated carbocycles. The minimum Gasteiger partial charge on any atom is -0.374 e. The van der Waals surface area contributed by atoms with Gasteiger partial charge in [0.25, 0.3) is 0 Å². The fourth-order valence-corrected chi connectivity index (χ4v) is 0.640. The molecule has 0 saturated heterocycles. The molecule has 4 heteroatoms. The summed E-state index contributed by atoms with van der Waals surface area (Å²) < 4.78 is 0. The highest BCUT2D eigenvalue weighted by Crippen LogP contribution is 2.03. The van der Waals surface area contributed by atoms with Crippen LogP contribution in [0.15, 0.2) is 18.5 Å². The average molecular weight is 153 g/mol. The third-order valence-electron chi connectivity index (χ3n) is 1.43. The van der Waals surface area contributed by atoms with Gasteiger partial charge < -0.3 is 10.0 Å². The van der Waals surface area contributed by atoms with Gasteiger partial charge in [0.2, 0.25) is 5.95 Å². The van der Waals surface area contributed by atoms with Crippen LogP contribution in [0.2, 0.25) is 0 Å². The van der Waals surface area contributed by atoms with E-state index < -0.39 is 6.23 Å². The number of aliphatic hydroxyl groups excluding tert-OH is 1. The zero-order chi connectivity index (χ0) is 8.27. The van der Waals surface area contributed by atoms with Crippen LogP contribution < -0.4 is 4.90 Å². The first-order valence-electron chi connectivity index (χ1n) is 3.39. The van der Waals surface area contributed by atoms with Crippen molar-refractivity contribution in [3.63, 3.8) is 0 Å². The fourth-order valence-electron chi connectivity index (χ4n) is 0.640. The lowest BCUT2D eigenvalue weighted by molar-refractivity contribution is 0.193. The number of hydrogen-bond donors (Lipinski definition) is 1. The lowest BCUT2D eigenvalue weighted by Gasteiger charge is -2.19. The van der Waals surface area contributed by atoms with Crippen molar-refractivity contribution in [3.05, 3.63) is 18.5 Å². The van der Waals surface area contributed by atoms with Crippen LogP contribution in [0.5, 0.6) is 0 Å². The molecule has 0 aromatic carbocycles. The minimum absolute atomic E-state index is 0.530. The maximum atomic E-state index is 9.12. The predicted octanol–water partition coefficient (Wildman–Crippen LogP) is 0.251. The Bertz CT molecular complexity index is 212. The van der Waals surface area contributed by atoms with E-state index in [1.807, 2.05) is 0 Å². The van der Waals surface area contributed by atoms with Gasteiger partial charge in [-0.15, -0.1) is 0 Å². The molecule has 0 bridgehead atoms. The van der Waals surface area contributed by atoms with Crippen LogP contribution in [0.3, 0.4) is 0 Å². The van der Waals surface area contributed by atoms with E-state index in [9.17, 15) is 0 Å². The molecule has 60 valence electrons. The summed E-state index contributed by atoms with van der Waals surface area (Å²) in [7, 11) is 1.74. The molecule has 0 fully saturated rings. The first kappa shape index (κ1) is 7.94. The molecular formula is C7H11N3O. The van der Waals surface area contributed by atoms with E-state index in [4.69, 9.17) is 5.11 Å². The third kappa shape index (κ3) is 1.88. The molecule has 0 amide bonds. The fraction of sp³-hybridized carbons (Fsp3) is 0.429. The Hall–Kier alpha value is -1.16. The van der Waals surface area contributed by atoms with Crippen molar-refractivity contribution in [2.75, 3.05) is 11.9 Å². The first-order chi connectivity index (χ1) is 5.22. The maximum Gasteiger partial charge on any atom is 0.227 e. The monoisotopic (exact) mass is 153 g/mol. The Balaban J connectivity index is 2.77. The van der Waals surface area contributed by atoms with Gasteiger partial charge in [0.05, 0.1) is 0 Å². The summed E-state index contributed by atoms with van der Waals surface area (Å²) >= 11 is 0. The van der Waals surface area contributed by atoms with Crippen molar-refractivity contribution >= 4 is 5.95 Å². The largest absolute Gasteiger partial charge is 0.374 e. The molecule has 1 aromatic heterocycles. The molecule has 0 aliphatic heterocycles. The second-order valence-corrected chi connectivity index (χ2v) is 2.29. The molecule has 1 atom stereocenters. The van der Waals surface area contributed by atoms with E-state index >= 15 is 0 Å². The highest BCUT2D eigenvalue weighted by Gasteiger charge is 2.06. The van der Waals surface area contributed by atoms with E-state index in [0.717, 1.165) is 0 Å². The van der Waals surface area contributed by atoms with E-state index in [-0.39, 0.29) is 0 Å². The van der Waals surface area contributed by atoms with Gasteiger partial charge in [-0.2, -0.15) is 0 Å². The number of hydrogen-bond acceptors (Lipinski definition) is 4. The Labute approximate surface area is 65.5 Å². The molecule has 1 heterocycles. The van der Waals surface area contributed by atoms with E-state index in [1.54, 1.807) is 37.3 Å². The smallest absolute Gasteiger partial charge is 0.227 e. The second-order valence-electron chi connectivity index (χ2n) is 2.29. The quantitative estimate of drug-likeness (QED) is 0.619. The van der Waals surface area contributed by atoms with E-state index in [2.05, 4.69) is 9.97 Å². The van der Waals surface area contributed by atoms with Gasteiger partial charge in [0.15, 0.2) is 0 Å². The molecule has 4 nitrogen and oxygen atoms in total. The predicted molar refractivity (Wildman–Crippen MR) is 42.1 cm³/mol. The molecule has 1 N–H and O–H groups in total. The Morgan fingerprint density at radius 1 is 1.45 bits per heavy atom. The molecule has 0 radical (unpaired) electrons. The first-order valence-corrected chi connectivity index (χ1v) is 3.39. The normalized spacial score (nSPS) is 12.6. The molecule has 1 rings (SSSR count). The van der Waals surface area contributed by atoms with Crippen LogP contribution in [0.4, 0.5) is 5.95 Å². The van der Waals surface area contributed by atoms with Gasteiger partial charge in [-0.25, -0.2) is 9.97 Å². The van der Waals surface area contributed by atoms with Crippen LogP contribution >= 0.6 is 0 Å². The van der Waals surface area contributed by atoms with Crippen molar-refractivity contribution in [3.8, 4) is 0 Å². The van der Waals surface area contributed by atoms with Gasteiger partial charge in [-0.1, -0.05) is 0 Å². The number of aliphatic hydroxyl groups is 1. The zero-order valence-corrected chi connectivity index (χ0v) is 6.60. The summed E-state index contributed by atoms with van der Waals surface area (Å²) in [5, 5.41) is 9.12. The summed E-state index contributed by atoms with van der Waals surface area (Å²) in [6, 6.07) is 1.74. The molecule has 1 aromatic rings. The van der Waals surface area contributed by atoms with Crippen molar-refractivity contribution < 1.29 is 5.11 Å². The molecule has 11 heavy (non-hydrogen) atoms. The van der Waals surface area contributed by atoms with Gasteiger partial charge >= 0.3 is 0 Å². The summed E-state index contributed by atoms with van der Waals surface area (Å²) in [6.07, 6.45) is 2.72. The highest BCUT2D eigenvalue weighted by atomic mass is 16.3. The van der Waals surface area contributed by atoms with E-state index in [0.29, 0.717) is 5.95 Å². The zero-order valence-electron chi connectivity index (χ0n) is 6.60. The van der Waals surface area contributed by atoms with Crippen molar-refractivity contribution in [1.29, 1.82) is 0 Å². The van der Waals surface area contributed by atoms with Crippen molar-refractivity contribution in [1.82, 2.24) is 9.97 Å². The Kier molecular flexibility index (Phi) is 2.38. The minimum atomic E-state index is -0.558. The number of aromatic nitrogens is 2. The summed E-state index contributed by atoms with van der Waals surface area (Å²) in [5.74, 6) is 0.530. The van der Waals surface area contributed by atoms with Crippen LogP contribution in [0.25, 0.3) is 0 Å². The highest BCUT2D eigenvalue weighted by molar-refractivity contribution is 5.26. The lowest BCUT2D eigenvalue weighted by Crippen LogP contribution is -2.29. The standard InChI is InChI=1S/C7H11N3O/c1-6(11)10(2)7-8-4-3-5-9-7/h3-6,11H,1-2H3. The lowest BCUT2D eigenvalue weighted by atomic mass is 10.5. The molecular weight excluding hydrogens is 142 g/mol. The Morgan fingerprint density at radius 2 is 2.00 bits per heavy atom. The Morgan fingerprint density at radius 3 is 2.45 bits per heavy atom. The van der Waals surface area contributed by atoms with Crippen LogP contribution in [-0.2, 0) is 0 Å². The number of nitrogens with zero attached hydrogens (tertiary/aromatic N) is 3. The number of anilines is 1. The third-order valence-corrected chi connectivity index (χ3v) is 1.43. The van der Waals surface area contributed by atoms with Crippen LogP contribution in [-0.4, -0.2) is 28.4 Å². The van der Waals surface area contributed by atoms with Crippen LogP contribution in [0.1, 0.15) is 6.92 Å². The second kappa shape index (κ2) is 3.30. The topological polar surface area (TPSA) is 49.2 Å². The number of rotatable bonds is 2. The van der Waals surface area contributed by atoms with Crippen molar-refractivity contribution in [2.24, 2.45) is 0 Å².